The summed E-state index contributed by atoms with van der Waals surface area (Å²) < 4.78 is 9.62. The maximum absolute atomic E-state index is 5.70. The van der Waals surface area contributed by atoms with Crippen molar-refractivity contribution in [3.8, 4) is 23.0 Å². The first-order valence-corrected chi connectivity index (χ1v) is 25.9. The highest BCUT2D eigenvalue weighted by Crippen LogP contribution is 2.45. The quantitative estimate of drug-likeness (QED) is 0.140. The third-order valence-electron chi connectivity index (χ3n) is 15.4. The summed E-state index contributed by atoms with van der Waals surface area (Å²) in [4.78, 5) is 5.70. The molecule has 0 N–H and O–H groups in total. The van der Waals surface area contributed by atoms with Crippen LogP contribution in [0.3, 0.4) is 0 Å². The summed E-state index contributed by atoms with van der Waals surface area (Å²) in [5.41, 5.74) is 13.9. The minimum absolute atomic E-state index is 0.831. The van der Waals surface area contributed by atoms with E-state index in [0.29, 0.717) is 0 Å². The third-order valence-corrected chi connectivity index (χ3v) is 15.4. The van der Waals surface area contributed by atoms with Gasteiger partial charge in [-0.2, -0.15) is 0 Å². The maximum Gasteiger partial charge on any atom is 0.140 e. The van der Waals surface area contributed by atoms with Crippen LogP contribution in [0.2, 0.25) is 0 Å². The van der Waals surface area contributed by atoms with Crippen molar-refractivity contribution in [2.75, 3.05) is 0 Å². The van der Waals surface area contributed by atoms with Crippen molar-refractivity contribution in [2.45, 2.75) is 26.2 Å². The molecule has 74 heavy (non-hydrogen) atoms. The van der Waals surface area contributed by atoms with Gasteiger partial charge in [0, 0.05) is 54.5 Å². The highest BCUT2D eigenvalue weighted by atomic mass is 15.1. The monoisotopic (exact) mass is 951 g/mol. The Morgan fingerprint density at radius 1 is 0.473 bits per heavy atom. The molecule has 5 heterocycles. The van der Waals surface area contributed by atoms with Crippen molar-refractivity contribution in [2.24, 2.45) is 11.8 Å². The van der Waals surface area contributed by atoms with E-state index in [0.717, 1.165) is 68.9 Å². The van der Waals surface area contributed by atoms with Crippen LogP contribution in [0.25, 0.3) is 110 Å². The second kappa shape index (κ2) is 17.8. The van der Waals surface area contributed by atoms with Crippen LogP contribution in [-0.4, -0.2) is 23.3 Å². The molecule has 0 bridgehead atoms. The number of hydrogen-bond donors (Lipinski definition) is 0. The molecule has 1 fully saturated rings. The van der Waals surface area contributed by atoms with Gasteiger partial charge in [-0.25, -0.2) is 4.98 Å². The Morgan fingerprint density at radius 2 is 1.05 bits per heavy atom. The van der Waals surface area contributed by atoms with Crippen molar-refractivity contribution < 1.29 is 0 Å². The van der Waals surface area contributed by atoms with Crippen LogP contribution in [0.15, 0.2) is 249 Å². The van der Waals surface area contributed by atoms with E-state index in [1.165, 1.54) is 83.6 Å². The highest BCUT2D eigenvalue weighted by Gasteiger charge is 2.33. The van der Waals surface area contributed by atoms with Gasteiger partial charge < -0.3 is 9.13 Å². The molecular weight excluding hydrogens is 899 g/mol. The topological polar surface area (TPSA) is 32.6 Å². The summed E-state index contributed by atoms with van der Waals surface area (Å²) in [6.45, 7) is 5.99. The van der Waals surface area contributed by atoms with Crippen molar-refractivity contribution in [1.29, 1.82) is 0 Å². The summed E-state index contributed by atoms with van der Waals surface area (Å²) in [6, 6.07) is 68.7. The molecule has 0 saturated heterocycles. The maximum atomic E-state index is 5.70. The Hall–Kier alpha value is -9.19. The van der Waals surface area contributed by atoms with Gasteiger partial charge in [-0.15, -0.1) is 0 Å². The zero-order valence-corrected chi connectivity index (χ0v) is 41.3. The molecule has 13 aromatic rings. The molecule has 2 atom stereocenters. The van der Waals surface area contributed by atoms with Crippen molar-refractivity contribution in [3.63, 3.8) is 0 Å². The first-order chi connectivity index (χ1) is 36.6. The molecule has 8 aromatic carbocycles. The van der Waals surface area contributed by atoms with E-state index in [-0.39, 0.29) is 0 Å². The molecule has 5 heteroatoms. The van der Waals surface area contributed by atoms with Crippen LogP contribution in [0.1, 0.15) is 24.0 Å². The summed E-state index contributed by atoms with van der Waals surface area (Å²) in [7, 11) is 0. The Balaban J connectivity index is 0.000000573. The molecule has 0 amide bonds. The van der Waals surface area contributed by atoms with E-state index in [1.807, 2.05) is 12.2 Å². The van der Waals surface area contributed by atoms with E-state index in [4.69, 9.17) is 4.98 Å². The number of benzene rings is 8. The average Bonchev–Trinajstić information content (AvgIpc) is 3.76. The van der Waals surface area contributed by atoms with Crippen molar-refractivity contribution in [3.05, 3.63) is 260 Å². The predicted molar refractivity (Wildman–Crippen MR) is 313 cm³/mol. The highest BCUT2D eigenvalue weighted by molar-refractivity contribution is 6.24. The summed E-state index contributed by atoms with van der Waals surface area (Å²) in [5.74, 6) is 3.69. The number of nitrogens with zero attached hydrogens (tertiary/aromatic N) is 5. The van der Waals surface area contributed by atoms with Crippen LogP contribution in [-0.2, 0) is 6.42 Å². The van der Waals surface area contributed by atoms with Crippen LogP contribution in [0.4, 0.5) is 0 Å². The van der Waals surface area contributed by atoms with Gasteiger partial charge in [-0.1, -0.05) is 170 Å². The van der Waals surface area contributed by atoms with Gasteiger partial charge >= 0.3 is 0 Å². The molecule has 5 nitrogen and oxygen atoms in total. The molecule has 5 aromatic heterocycles. The lowest BCUT2D eigenvalue weighted by atomic mass is 10.0. The van der Waals surface area contributed by atoms with Gasteiger partial charge in [0.1, 0.15) is 11.6 Å². The fourth-order valence-corrected chi connectivity index (χ4v) is 11.9. The molecule has 1 saturated carbocycles. The number of allylic oxidation sites excluding steroid dienone is 9. The molecule has 2 aliphatic carbocycles. The molecule has 2 unspecified atom stereocenters. The van der Waals surface area contributed by atoms with Crippen molar-refractivity contribution in [1.82, 2.24) is 23.3 Å². The minimum Gasteiger partial charge on any atom is -0.309 e. The van der Waals surface area contributed by atoms with Gasteiger partial charge in [0.05, 0.1) is 44.1 Å². The fourth-order valence-electron chi connectivity index (χ4n) is 11.9. The minimum atomic E-state index is 0.831. The van der Waals surface area contributed by atoms with Gasteiger partial charge in [-0.3, -0.25) is 9.13 Å². The number of hydrogen-bond acceptors (Lipinski definition) is 1. The SMILES string of the molecule is C1=CCC2CC2C=C1.C=C/C=C\C=C/Cc1ccc2c(c1)c1ccc3c4cc(C)ccc4n(-c4cccc(-n5c6ccccc6c6cc7c(cc65)c5ccccc5n7-c5ccccc5)n4)c3c1n2-c1ccccc1. The molecular formula is C69H53N5. The van der Waals surface area contributed by atoms with Gasteiger partial charge in [0.2, 0.25) is 0 Å². The van der Waals surface area contributed by atoms with Crippen LogP contribution < -0.4 is 0 Å². The number of aromatic nitrogens is 5. The van der Waals surface area contributed by atoms with E-state index in [1.54, 1.807) is 6.08 Å². The van der Waals surface area contributed by atoms with Crippen LogP contribution in [0.5, 0.6) is 0 Å². The van der Waals surface area contributed by atoms with Crippen LogP contribution in [0, 0.1) is 18.8 Å². The molecule has 15 rings (SSSR count). The number of pyridine rings is 1. The summed E-state index contributed by atoms with van der Waals surface area (Å²) in [6.07, 6.45) is 22.6. The molecule has 0 aliphatic heterocycles. The van der Waals surface area contributed by atoms with E-state index in [2.05, 4.69) is 256 Å². The number of aryl methyl sites for hydroxylation is 1. The average molecular weight is 952 g/mol. The molecule has 0 spiro atoms. The first-order valence-electron chi connectivity index (χ1n) is 25.9. The molecule has 0 radical (unpaired) electrons. The standard InChI is InChI=1S/C61H43N5.C8H10/c1-3-4-5-6-9-19-41-31-35-54-49(37-41)47-33-32-46-48-36-40(2)30-34-55(48)66(61(46)60(47)64(54)43-22-12-8-13-23-43)59-29-18-28-58(62-59)65-53-27-17-15-25-45(53)51-38-56-50(39-57(51)65)44-24-14-16-26-52(44)63(56)42-20-10-7-11-21-42;1-2-4-7-6-8(7)5-3-1/h3-18,20-39H,1,19H2,2H3;1-4,7-8H,5-6H2/b5-4-,9-6-;. The normalized spacial score (nSPS) is 15.4. The Labute approximate surface area is 429 Å². The largest absolute Gasteiger partial charge is 0.309 e. The smallest absolute Gasteiger partial charge is 0.140 e. The Morgan fingerprint density at radius 3 is 1.78 bits per heavy atom. The van der Waals surface area contributed by atoms with Gasteiger partial charge in [-0.05, 0) is 129 Å². The Kier molecular flexibility index (Phi) is 10.5. The summed E-state index contributed by atoms with van der Waals surface area (Å²) >= 11 is 0. The lowest BCUT2D eigenvalue weighted by Crippen LogP contribution is -2.04. The summed E-state index contributed by atoms with van der Waals surface area (Å²) in [5, 5.41) is 9.64. The zero-order chi connectivity index (χ0) is 49.3. The molecule has 2 aliphatic rings. The second-order valence-electron chi connectivity index (χ2n) is 20.0. The van der Waals surface area contributed by atoms with E-state index in [9.17, 15) is 0 Å². The lowest BCUT2D eigenvalue weighted by Gasteiger charge is -2.14. The van der Waals surface area contributed by atoms with E-state index >= 15 is 0 Å². The lowest BCUT2D eigenvalue weighted by molar-refractivity contribution is 0.813. The third kappa shape index (κ3) is 7.18. The molecule has 354 valence electrons. The van der Waals surface area contributed by atoms with Gasteiger partial charge in [0.15, 0.2) is 0 Å². The van der Waals surface area contributed by atoms with Crippen molar-refractivity contribution >= 4 is 87.2 Å². The second-order valence-corrected chi connectivity index (χ2v) is 20.0. The zero-order valence-electron chi connectivity index (χ0n) is 41.3. The predicted octanol–water partition coefficient (Wildman–Crippen LogP) is 17.8. The number of rotatable bonds is 8. The van der Waals surface area contributed by atoms with E-state index < -0.39 is 0 Å². The fraction of sp³-hybridized carbons (Fsp3) is 0.0870. The number of fused-ring (bicyclic) bond motifs is 14. The number of para-hydroxylation sites is 4. The Bertz CT molecular complexity index is 4490. The van der Waals surface area contributed by atoms with Gasteiger partial charge in [0.25, 0.3) is 0 Å². The van der Waals surface area contributed by atoms with Crippen LogP contribution >= 0.6 is 0 Å². The first kappa shape index (κ1) is 43.6.